The van der Waals surface area contributed by atoms with Gasteiger partial charge in [0.15, 0.2) is 0 Å². The van der Waals surface area contributed by atoms with Crippen LogP contribution in [-0.4, -0.2) is 25.5 Å². The van der Waals surface area contributed by atoms with E-state index in [1.807, 2.05) is 6.92 Å². The Morgan fingerprint density at radius 2 is 1.68 bits per heavy atom. The number of hydrogen-bond acceptors (Lipinski definition) is 5. The van der Waals surface area contributed by atoms with Gasteiger partial charge in [-0.15, -0.1) is 0 Å². The van der Waals surface area contributed by atoms with Gasteiger partial charge >= 0.3 is 5.97 Å². The molecule has 0 N–H and O–H groups in total. The summed E-state index contributed by atoms with van der Waals surface area (Å²) in [6.45, 7) is 1.85. The third-order valence-electron chi connectivity index (χ3n) is 3.86. The number of aromatic nitrogens is 1. The molecule has 128 valence electrons. The molecule has 0 aliphatic carbocycles. The Morgan fingerprint density at radius 1 is 1.04 bits per heavy atom. The molecule has 1 aromatic heterocycles. The van der Waals surface area contributed by atoms with E-state index in [1.165, 1.54) is 24.3 Å². The van der Waals surface area contributed by atoms with Gasteiger partial charge in [0, 0.05) is 11.6 Å². The van der Waals surface area contributed by atoms with Gasteiger partial charge in [-0.2, -0.15) is 0 Å². The molecule has 25 heavy (non-hydrogen) atoms. The number of nitrogens with zero attached hydrogens (tertiary/aromatic N) is 1. The number of aryl methyl sites for hydroxylation is 1. The first-order valence-electron chi connectivity index (χ1n) is 7.41. The number of fused-ring (bicyclic) bond motifs is 1. The molecule has 0 amide bonds. The maximum absolute atomic E-state index is 13.0. The Hall–Kier alpha value is -2.93. The molecule has 6 nitrogen and oxygen atoms in total. The molecule has 2 aromatic carbocycles. The fourth-order valence-electron chi connectivity index (χ4n) is 2.53. The van der Waals surface area contributed by atoms with Gasteiger partial charge in [-0.25, -0.2) is 17.2 Å². The Labute approximate surface area is 144 Å². The first-order chi connectivity index (χ1) is 11.9. The summed E-state index contributed by atoms with van der Waals surface area (Å²) in [5, 5.41) is 0.126. The zero-order valence-electron chi connectivity index (χ0n) is 13.6. The number of carbonyl (C=O) groups excluding carboxylic acids is 1. The second kappa shape index (κ2) is 6.18. The lowest BCUT2D eigenvalue weighted by molar-refractivity contribution is 0.0599. The van der Waals surface area contributed by atoms with Gasteiger partial charge in [0.2, 0.25) is 5.43 Å². The summed E-state index contributed by atoms with van der Waals surface area (Å²) in [6, 6.07) is 12.5. The van der Waals surface area contributed by atoms with Crippen molar-refractivity contribution in [2.45, 2.75) is 11.8 Å². The smallest absolute Gasteiger partial charge is 0.343 e. The lowest BCUT2D eigenvalue weighted by Crippen LogP contribution is -2.23. The molecule has 0 radical (unpaired) electrons. The fourth-order valence-corrected chi connectivity index (χ4v) is 3.90. The number of pyridine rings is 1. The van der Waals surface area contributed by atoms with Crippen LogP contribution in [0.3, 0.4) is 0 Å². The average molecular weight is 357 g/mol. The van der Waals surface area contributed by atoms with E-state index in [0.717, 1.165) is 22.8 Å². The molecule has 0 saturated heterocycles. The monoisotopic (exact) mass is 357 g/mol. The van der Waals surface area contributed by atoms with Gasteiger partial charge < -0.3 is 4.74 Å². The Bertz CT molecular complexity index is 1130. The molecule has 0 aliphatic heterocycles. The lowest BCUT2D eigenvalue weighted by atomic mass is 10.1. The van der Waals surface area contributed by atoms with E-state index in [1.54, 1.807) is 24.3 Å². The SMILES string of the molecule is COC(=O)c1cn(S(=O)(=O)c2ccc(C)cc2)c2ccccc2c1=O. The van der Waals surface area contributed by atoms with E-state index >= 15 is 0 Å². The minimum absolute atomic E-state index is 0.0581. The largest absolute Gasteiger partial charge is 0.465 e. The first kappa shape index (κ1) is 16.9. The van der Waals surface area contributed by atoms with Crippen molar-refractivity contribution in [3.05, 3.63) is 76.1 Å². The Morgan fingerprint density at radius 3 is 2.32 bits per heavy atom. The van der Waals surface area contributed by atoms with Crippen molar-refractivity contribution in [2.75, 3.05) is 7.11 Å². The quantitative estimate of drug-likeness (QED) is 0.672. The van der Waals surface area contributed by atoms with Gasteiger partial charge in [-0.05, 0) is 31.2 Å². The van der Waals surface area contributed by atoms with Gasteiger partial charge in [-0.3, -0.25) is 4.79 Å². The summed E-state index contributed by atoms with van der Waals surface area (Å²) >= 11 is 0. The Balaban J connectivity index is 2.39. The minimum Gasteiger partial charge on any atom is -0.465 e. The van der Waals surface area contributed by atoms with Crippen LogP contribution in [0.15, 0.2) is 64.4 Å². The van der Waals surface area contributed by atoms with Gasteiger partial charge in [0.1, 0.15) is 5.56 Å². The third kappa shape index (κ3) is 2.83. The van der Waals surface area contributed by atoms with Crippen LogP contribution in [0.4, 0.5) is 0 Å². The molecule has 0 fully saturated rings. The van der Waals surface area contributed by atoms with Crippen molar-refractivity contribution in [1.29, 1.82) is 0 Å². The van der Waals surface area contributed by atoms with E-state index in [0.29, 0.717) is 0 Å². The standard InChI is InChI=1S/C18H15NO5S/c1-12-7-9-13(10-8-12)25(22,23)19-11-15(18(21)24-2)17(20)14-5-3-4-6-16(14)19/h3-11H,1-2H3. The maximum atomic E-state index is 13.0. The molecular weight excluding hydrogens is 342 g/mol. The predicted octanol–water partition coefficient (Wildman–Crippen LogP) is 2.33. The van der Waals surface area contributed by atoms with Crippen molar-refractivity contribution in [3.8, 4) is 0 Å². The summed E-state index contributed by atoms with van der Waals surface area (Å²) < 4.78 is 31.6. The summed E-state index contributed by atoms with van der Waals surface area (Å²) in [4.78, 5) is 24.4. The number of rotatable bonds is 3. The van der Waals surface area contributed by atoms with Gasteiger partial charge in [-0.1, -0.05) is 29.8 Å². The zero-order valence-corrected chi connectivity index (χ0v) is 14.4. The molecule has 0 bridgehead atoms. The van der Waals surface area contributed by atoms with Crippen LogP contribution in [0.2, 0.25) is 0 Å². The normalized spacial score (nSPS) is 11.4. The maximum Gasteiger partial charge on any atom is 0.343 e. The summed E-state index contributed by atoms with van der Waals surface area (Å²) in [5.41, 5.74) is 0.203. The van der Waals surface area contributed by atoms with Crippen molar-refractivity contribution in [1.82, 2.24) is 3.97 Å². The molecule has 7 heteroatoms. The highest BCUT2D eigenvalue weighted by atomic mass is 32.2. The number of methoxy groups -OCH3 is 1. The van der Waals surface area contributed by atoms with Crippen LogP contribution in [0.1, 0.15) is 15.9 Å². The number of para-hydroxylation sites is 1. The van der Waals surface area contributed by atoms with Crippen molar-refractivity contribution in [2.24, 2.45) is 0 Å². The zero-order chi connectivity index (χ0) is 18.2. The minimum atomic E-state index is -3.99. The summed E-state index contributed by atoms with van der Waals surface area (Å²) in [7, 11) is -2.86. The Kier molecular flexibility index (Phi) is 4.18. The number of benzene rings is 2. The number of esters is 1. The second-order valence-electron chi connectivity index (χ2n) is 5.49. The number of hydrogen-bond donors (Lipinski definition) is 0. The van der Waals surface area contributed by atoms with Crippen LogP contribution < -0.4 is 5.43 Å². The molecule has 0 atom stereocenters. The van der Waals surface area contributed by atoms with Crippen LogP contribution in [0, 0.1) is 6.92 Å². The average Bonchev–Trinajstić information content (AvgIpc) is 2.62. The van der Waals surface area contributed by atoms with E-state index < -0.39 is 21.4 Å². The van der Waals surface area contributed by atoms with Crippen LogP contribution in [0.25, 0.3) is 10.9 Å². The summed E-state index contributed by atoms with van der Waals surface area (Å²) in [6.07, 6.45) is 1.02. The molecular formula is C18H15NO5S. The molecule has 0 aliphatic rings. The van der Waals surface area contributed by atoms with Crippen molar-refractivity contribution >= 4 is 26.9 Å². The molecule has 1 heterocycles. The van der Waals surface area contributed by atoms with Gasteiger partial charge in [0.25, 0.3) is 10.0 Å². The first-order valence-corrected chi connectivity index (χ1v) is 8.85. The molecule has 3 aromatic rings. The van der Waals surface area contributed by atoms with E-state index in [9.17, 15) is 18.0 Å². The molecule has 0 spiro atoms. The topological polar surface area (TPSA) is 82.4 Å². The second-order valence-corrected chi connectivity index (χ2v) is 7.31. The number of carbonyl (C=O) groups is 1. The van der Waals surface area contributed by atoms with Gasteiger partial charge in [0.05, 0.1) is 17.5 Å². The van der Waals surface area contributed by atoms with Crippen LogP contribution in [0.5, 0.6) is 0 Å². The molecule has 3 rings (SSSR count). The van der Waals surface area contributed by atoms with Crippen molar-refractivity contribution in [3.63, 3.8) is 0 Å². The fraction of sp³-hybridized carbons (Fsp3) is 0.111. The predicted molar refractivity (Wildman–Crippen MR) is 93.3 cm³/mol. The highest BCUT2D eigenvalue weighted by molar-refractivity contribution is 7.90. The number of ether oxygens (including phenoxy) is 1. The molecule has 0 unspecified atom stereocenters. The third-order valence-corrected chi connectivity index (χ3v) is 5.55. The highest BCUT2D eigenvalue weighted by Gasteiger charge is 2.23. The van der Waals surface area contributed by atoms with E-state index in [2.05, 4.69) is 4.74 Å². The van der Waals surface area contributed by atoms with E-state index in [-0.39, 0.29) is 21.4 Å². The lowest BCUT2D eigenvalue weighted by Gasteiger charge is -2.13. The van der Waals surface area contributed by atoms with Crippen molar-refractivity contribution < 1.29 is 17.9 Å². The summed E-state index contributed by atoms with van der Waals surface area (Å²) in [5.74, 6) is -0.886. The highest BCUT2D eigenvalue weighted by Crippen LogP contribution is 2.20. The van der Waals surface area contributed by atoms with Crippen LogP contribution in [-0.2, 0) is 14.8 Å². The van der Waals surface area contributed by atoms with Crippen LogP contribution >= 0.6 is 0 Å². The molecule has 0 saturated carbocycles. The van der Waals surface area contributed by atoms with E-state index in [4.69, 9.17) is 0 Å².